The molecule has 0 aliphatic carbocycles. The van der Waals surface area contributed by atoms with Gasteiger partial charge in [0, 0.05) is 18.0 Å². The largest absolute Gasteiger partial charge is 0.287 e. The maximum atomic E-state index is 4.44. The fraction of sp³-hybridized carbons (Fsp3) is 0.455. The molecule has 1 aromatic rings. The standard InChI is InChI=1S/C11H15BrN2/c1-8-5-10(12)13-6-9(8)7-14-11(2,3)4/h5-7H,1-4H3/b14-7+. The molecule has 0 aliphatic heterocycles. The molecule has 0 amide bonds. The number of nitrogens with zero attached hydrogens (tertiary/aromatic N) is 2. The van der Waals surface area contributed by atoms with E-state index >= 15 is 0 Å². The summed E-state index contributed by atoms with van der Waals surface area (Å²) in [7, 11) is 0. The summed E-state index contributed by atoms with van der Waals surface area (Å²) in [5.41, 5.74) is 2.22. The number of hydrogen-bond acceptors (Lipinski definition) is 2. The van der Waals surface area contributed by atoms with Crippen molar-refractivity contribution in [2.24, 2.45) is 4.99 Å². The number of aliphatic imine (C=N–C) groups is 1. The summed E-state index contributed by atoms with van der Waals surface area (Å²) in [4.78, 5) is 8.60. The zero-order chi connectivity index (χ0) is 10.8. The van der Waals surface area contributed by atoms with E-state index in [1.54, 1.807) is 0 Å². The lowest BCUT2D eigenvalue weighted by Gasteiger charge is -2.11. The Morgan fingerprint density at radius 3 is 2.57 bits per heavy atom. The molecule has 0 aliphatic rings. The van der Waals surface area contributed by atoms with Gasteiger partial charge in [0.05, 0.1) is 5.54 Å². The second-order valence-electron chi connectivity index (χ2n) is 4.29. The van der Waals surface area contributed by atoms with Gasteiger partial charge in [0.15, 0.2) is 0 Å². The molecule has 0 bridgehead atoms. The SMILES string of the molecule is Cc1cc(Br)ncc1/C=N/C(C)(C)C. The highest BCUT2D eigenvalue weighted by Gasteiger charge is 2.05. The van der Waals surface area contributed by atoms with E-state index in [1.807, 2.05) is 18.5 Å². The first-order valence-electron chi connectivity index (χ1n) is 4.56. The van der Waals surface area contributed by atoms with Crippen molar-refractivity contribution in [3.05, 3.63) is 28.0 Å². The third kappa shape index (κ3) is 3.58. The van der Waals surface area contributed by atoms with E-state index in [-0.39, 0.29) is 5.54 Å². The normalized spacial score (nSPS) is 12.4. The van der Waals surface area contributed by atoms with E-state index < -0.39 is 0 Å². The maximum Gasteiger partial charge on any atom is 0.106 e. The molecule has 0 aromatic carbocycles. The van der Waals surface area contributed by atoms with Gasteiger partial charge in [-0.1, -0.05) is 0 Å². The van der Waals surface area contributed by atoms with Crippen molar-refractivity contribution in [2.75, 3.05) is 0 Å². The summed E-state index contributed by atoms with van der Waals surface area (Å²) in [6, 6.07) is 1.99. The zero-order valence-electron chi connectivity index (χ0n) is 9.00. The molecule has 1 heterocycles. The van der Waals surface area contributed by atoms with Crippen LogP contribution in [0.1, 0.15) is 31.9 Å². The first-order valence-corrected chi connectivity index (χ1v) is 5.35. The van der Waals surface area contributed by atoms with E-state index in [9.17, 15) is 0 Å². The minimum atomic E-state index is -0.0283. The van der Waals surface area contributed by atoms with Gasteiger partial charge in [-0.2, -0.15) is 0 Å². The molecule has 0 N–H and O–H groups in total. The van der Waals surface area contributed by atoms with Crippen LogP contribution < -0.4 is 0 Å². The lowest BCUT2D eigenvalue weighted by Crippen LogP contribution is -2.09. The van der Waals surface area contributed by atoms with Crippen LogP contribution in [0.2, 0.25) is 0 Å². The second kappa shape index (κ2) is 4.22. The van der Waals surface area contributed by atoms with Gasteiger partial charge >= 0.3 is 0 Å². The van der Waals surface area contributed by atoms with Crippen LogP contribution >= 0.6 is 15.9 Å². The summed E-state index contributed by atoms with van der Waals surface area (Å²) in [6.07, 6.45) is 3.71. The Kier molecular flexibility index (Phi) is 3.43. The predicted molar refractivity (Wildman–Crippen MR) is 64.0 cm³/mol. The van der Waals surface area contributed by atoms with E-state index in [0.717, 1.165) is 10.2 Å². The Labute approximate surface area is 93.6 Å². The van der Waals surface area contributed by atoms with Crippen molar-refractivity contribution in [2.45, 2.75) is 33.2 Å². The minimum Gasteiger partial charge on any atom is -0.287 e. The van der Waals surface area contributed by atoms with E-state index in [2.05, 4.69) is 53.6 Å². The van der Waals surface area contributed by atoms with Crippen LogP contribution in [0.3, 0.4) is 0 Å². The molecule has 14 heavy (non-hydrogen) atoms. The number of pyridine rings is 1. The fourth-order valence-corrected chi connectivity index (χ4v) is 1.38. The average molecular weight is 255 g/mol. The Bertz CT molecular complexity index is 351. The lowest BCUT2D eigenvalue weighted by molar-refractivity contribution is 0.586. The molecule has 1 aromatic heterocycles. The number of rotatable bonds is 1. The summed E-state index contributed by atoms with van der Waals surface area (Å²) < 4.78 is 0.864. The monoisotopic (exact) mass is 254 g/mol. The molecule has 0 fully saturated rings. The highest BCUT2D eigenvalue weighted by molar-refractivity contribution is 9.10. The van der Waals surface area contributed by atoms with Gasteiger partial charge in [0.2, 0.25) is 0 Å². The van der Waals surface area contributed by atoms with Crippen LogP contribution in [0, 0.1) is 6.92 Å². The molecule has 0 atom stereocenters. The van der Waals surface area contributed by atoms with Gasteiger partial charge in [-0.25, -0.2) is 4.98 Å². The van der Waals surface area contributed by atoms with Crippen LogP contribution in [-0.2, 0) is 0 Å². The fourth-order valence-electron chi connectivity index (χ4n) is 0.931. The first kappa shape index (κ1) is 11.4. The highest BCUT2D eigenvalue weighted by atomic mass is 79.9. The van der Waals surface area contributed by atoms with E-state index in [1.165, 1.54) is 5.56 Å². The van der Waals surface area contributed by atoms with Gasteiger partial charge in [-0.05, 0) is 55.3 Å². The summed E-state index contributed by atoms with van der Waals surface area (Å²) in [5, 5.41) is 0. The Balaban J connectivity index is 2.93. The topological polar surface area (TPSA) is 25.2 Å². The van der Waals surface area contributed by atoms with Crippen molar-refractivity contribution in [3.63, 3.8) is 0 Å². The van der Waals surface area contributed by atoms with E-state index in [0.29, 0.717) is 0 Å². The van der Waals surface area contributed by atoms with Crippen LogP contribution in [0.15, 0.2) is 21.9 Å². The van der Waals surface area contributed by atoms with Crippen molar-refractivity contribution >= 4 is 22.1 Å². The predicted octanol–water partition coefficient (Wildman–Crippen LogP) is 3.37. The highest BCUT2D eigenvalue weighted by Crippen LogP contribution is 2.12. The summed E-state index contributed by atoms with van der Waals surface area (Å²) >= 11 is 3.33. The number of halogens is 1. The Hall–Kier alpha value is -0.700. The quantitative estimate of drug-likeness (QED) is 0.558. The lowest BCUT2D eigenvalue weighted by atomic mass is 10.1. The smallest absolute Gasteiger partial charge is 0.106 e. The van der Waals surface area contributed by atoms with Crippen LogP contribution in [0.25, 0.3) is 0 Å². The average Bonchev–Trinajstić information content (AvgIpc) is 2.00. The molecule has 1 rings (SSSR count). The number of hydrogen-bond donors (Lipinski definition) is 0. The maximum absolute atomic E-state index is 4.44. The van der Waals surface area contributed by atoms with Crippen molar-refractivity contribution in [1.29, 1.82) is 0 Å². The van der Waals surface area contributed by atoms with Gasteiger partial charge in [0.25, 0.3) is 0 Å². The Morgan fingerprint density at radius 1 is 1.43 bits per heavy atom. The third-order valence-electron chi connectivity index (χ3n) is 1.71. The molecule has 0 unspecified atom stereocenters. The van der Waals surface area contributed by atoms with Gasteiger partial charge in [0.1, 0.15) is 4.60 Å². The van der Waals surface area contributed by atoms with Gasteiger partial charge in [-0.3, -0.25) is 4.99 Å². The molecular weight excluding hydrogens is 240 g/mol. The van der Waals surface area contributed by atoms with Crippen LogP contribution in [-0.4, -0.2) is 16.7 Å². The second-order valence-corrected chi connectivity index (χ2v) is 5.11. The van der Waals surface area contributed by atoms with E-state index in [4.69, 9.17) is 0 Å². The number of aromatic nitrogens is 1. The van der Waals surface area contributed by atoms with Crippen molar-refractivity contribution in [1.82, 2.24) is 4.98 Å². The molecule has 0 radical (unpaired) electrons. The molecule has 3 heteroatoms. The first-order chi connectivity index (χ1) is 6.38. The number of aryl methyl sites for hydroxylation is 1. The third-order valence-corrected chi connectivity index (χ3v) is 2.14. The van der Waals surface area contributed by atoms with Gasteiger partial charge < -0.3 is 0 Å². The summed E-state index contributed by atoms with van der Waals surface area (Å²) in [6.45, 7) is 8.28. The molecular formula is C11H15BrN2. The molecule has 0 spiro atoms. The molecule has 76 valence electrons. The summed E-state index contributed by atoms with van der Waals surface area (Å²) in [5.74, 6) is 0. The zero-order valence-corrected chi connectivity index (χ0v) is 10.6. The molecule has 2 nitrogen and oxygen atoms in total. The van der Waals surface area contributed by atoms with Crippen molar-refractivity contribution < 1.29 is 0 Å². The van der Waals surface area contributed by atoms with Crippen molar-refractivity contribution in [3.8, 4) is 0 Å². The van der Waals surface area contributed by atoms with Gasteiger partial charge in [-0.15, -0.1) is 0 Å². The molecule has 0 saturated carbocycles. The minimum absolute atomic E-state index is 0.0283. The van der Waals surface area contributed by atoms with Crippen LogP contribution in [0.4, 0.5) is 0 Å². The molecule has 0 saturated heterocycles. The Morgan fingerprint density at radius 2 is 2.07 bits per heavy atom. The van der Waals surface area contributed by atoms with Crippen LogP contribution in [0.5, 0.6) is 0 Å².